The number of methoxy groups -OCH3 is 1. The summed E-state index contributed by atoms with van der Waals surface area (Å²) in [5.74, 6) is 1.69. The Bertz CT molecular complexity index is 497. The standard InChI is InChI=1S/C15H18O4/c1-18-14-8-11(15(16)17)4-5-12(14)19-13-7-9-2-3-10(13)6-9/h4-5,8-10,13H,2-3,6-7H2,1H3,(H,16,17). The SMILES string of the molecule is COc1cc(C(=O)O)ccc1OC1CC2CCC1C2. The molecule has 2 aliphatic rings. The molecule has 3 atom stereocenters. The Labute approximate surface area is 112 Å². The summed E-state index contributed by atoms with van der Waals surface area (Å²) < 4.78 is 11.3. The van der Waals surface area contributed by atoms with Gasteiger partial charge in [0.2, 0.25) is 0 Å². The minimum atomic E-state index is -0.954. The molecule has 0 heterocycles. The van der Waals surface area contributed by atoms with Gasteiger partial charge in [-0.2, -0.15) is 0 Å². The second-order valence-electron chi connectivity index (χ2n) is 5.50. The number of carboxylic acid groups (broad SMARTS) is 1. The number of aromatic carboxylic acids is 1. The van der Waals surface area contributed by atoms with Crippen LogP contribution in [0.3, 0.4) is 0 Å². The van der Waals surface area contributed by atoms with Crippen molar-refractivity contribution in [3.8, 4) is 11.5 Å². The molecule has 4 nitrogen and oxygen atoms in total. The second-order valence-corrected chi connectivity index (χ2v) is 5.50. The van der Waals surface area contributed by atoms with Crippen LogP contribution in [-0.2, 0) is 0 Å². The average Bonchev–Trinajstić information content (AvgIpc) is 3.01. The summed E-state index contributed by atoms with van der Waals surface area (Å²) in [6.45, 7) is 0. The quantitative estimate of drug-likeness (QED) is 0.906. The lowest BCUT2D eigenvalue weighted by molar-refractivity contribution is 0.0696. The smallest absolute Gasteiger partial charge is 0.335 e. The monoisotopic (exact) mass is 262 g/mol. The summed E-state index contributed by atoms with van der Waals surface area (Å²) in [7, 11) is 1.54. The van der Waals surface area contributed by atoms with Crippen molar-refractivity contribution in [3.63, 3.8) is 0 Å². The van der Waals surface area contributed by atoms with Gasteiger partial charge in [0.05, 0.1) is 12.7 Å². The highest BCUT2D eigenvalue weighted by Crippen LogP contribution is 2.46. The maximum absolute atomic E-state index is 10.9. The third-order valence-electron chi connectivity index (χ3n) is 4.36. The van der Waals surface area contributed by atoms with Gasteiger partial charge in [-0.25, -0.2) is 4.79 Å². The highest BCUT2D eigenvalue weighted by molar-refractivity contribution is 5.88. The molecule has 2 saturated carbocycles. The van der Waals surface area contributed by atoms with Crippen LogP contribution in [0.2, 0.25) is 0 Å². The summed E-state index contributed by atoms with van der Waals surface area (Å²) >= 11 is 0. The summed E-state index contributed by atoms with van der Waals surface area (Å²) in [4.78, 5) is 10.9. The zero-order chi connectivity index (χ0) is 13.4. The van der Waals surface area contributed by atoms with Crippen molar-refractivity contribution in [1.82, 2.24) is 0 Å². The zero-order valence-electron chi connectivity index (χ0n) is 11.0. The molecule has 1 aromatic carbocycles. The molecule has 1 N–H and O–H groups in total. The molecule has 0 aliphatic heterocycles. The Hall–Kier alpha value is -1.71. The number of carboxylic acids is 1. The molecule has 0 radical (unpaired) electrons. The molecule has 4 heteroatoms. The molecule has 102 valence electrons. The van der Waals surface area contributed by atoms with Gasteiger partial charge in [0.15, 0.2) is 11.5 Å². The van der Waals surface area contributed by atoms with Crippen LogP contribution < -0.4 is 9.47 Å². The molecule has 0 aromatic heterocycles. The van der Waals surface area contributed by atoms with Crippen LogP contribution in [0, 0.1) is 11.8 Å². The van der Waals surface area contributed by atoms with Crippen molar-refractivity contribution in [3.05, 3.63) is 23.8 Å². The Morgan fingerprint density at radius 3 is 2.68 bits per heavy atom. The fourth-order valence-electron chi connectivity index (χ4n) is 3.39. The maximum atomic E-state index is 10.9. The van der Waals surface area contributed by atoms with Crippen LogP contribution in [0.25, 0.3) is 0 Å². The van der Waals surface area contributed by atoms with Gasteiger partial charge in [0.1, 0.15) is 6.10 Å². The lowest BCUT2D eigenvalue weighted by Gasteiger charge is -2.24. The summed E-state index contributed by atoms with van der Waals surface area (Å²) in [6.07, 6.45) is 5.25. The minimum Gasteiger partial charge on any atom is -0.493 e. The van der Waals surface area contributed by atoms with Gasteiger partial charge < -0.3 is 14.6 Å². The lowest BCUT2D eigenvalue weighted by Crippen LogP contribution is -2.23. The summed E-state index contributed by atoms with van der Waals surface area (Å²) in [5.41, 5.74) is 0.220. The van der Waals surface area contributed by atoms with Crippen LogP contribution in [-0.4, -0.2) is 24.3 Å². The van der Waals surface area contributed by atoms with E-state index in [0.29, 0.717) is 17.4 Å². The molecule has 2 fully saturated rings. The van der Waals surface area contributed by atoms with Gasteiger partial charge in [-0.15, -0.1) is 0 Å². The van der Waals surface area contributed by atoms with Crippen molar-refractivity contribution in [1.29, 1.82) is 0 Å². The first-order valence-electron chi connectivity index (χ1n) is 6.75. The Morgan fingerprint density at radius 2 is 2.11 bits per heavy atom. The minimum absolute atomic E-state index is 0.220. The van der Waals surface area contributed by atoms with Crippen LogP contribution >= 0.6 is 0 Å². The first kappa shape index (κ1) is 12.3. The Morgan fingerprint density at radius 1 is 1.26 bits per heavy atom. The van der Waals surface area contributed by atoms with Gasteiger partial charge in [-0.1, -0.05) is 0 Å². The molecule has 0 saturated heterocycles. The fraction of sp³-hybridized carbons (Fsp3) is 0.533. The molecular weight excluding hydrogens is 244 g/mol. The number of ether oxygens (including phenoxy) is 2. The van der Waals surface area contributed by atoms with Gasteiger partial charge in [0, 0.05) is 0 Å². The van der Waals surface area contributed by atoms with E-state index in [9.17, 15) is 4.79 Å². The zero-order valence-corrected chi connectivity index (χ0v) is 11.0. The summed E-state index contributed by atoms with van der Waals surface area (Å²) in [6, 6.07) is 4.78. The van der Waals surface area contributed by atoms with E-state index in [-0.39, 0.29) is 11.7 Å². The molecule has 2 aliphatic carbocycles. The third-order valence-corrected chi connectivity index (χ3v) is 4.36. The van der Waals surface area contributed by atoms with E-state index in [0.717, 1.165) is 12.3 Å². The molecule has 0 amide bonds. The van der Waals surface area contributed by atoms with E-state index < -0.39 is 5.97 Å². The molecule has 3 unspecified atom stereocenters. The Kier molecular flexibility index (Phi) is 3.09. The number of hydrogen-bond acceptors (Lipinski definition) is 3. The van der Waals surface area contributed by atoms with Gasteiger partial charge in [-0.3, -0.25) is 0 Å². The van der Waals surface area contributed by atoms with E-state index in [2.05, 4.69) is 0 Å². The van der Waals surface area contributed by atoms with Crippen molar-refractivity contribution in [2.45, 2.75) is 31.8 Å². The molecule has 2 bridgehead atoms. The van der Waals surface area contributed by atoms with E-state index in [1.807, 2.05) is 0 Å². The maximum Gasteiger partial charge on any atom is 0.335 e. The van der Waals surface area contributed by atoms with Crippen LogP contribution in [0.4, 0.5) is 0 Å². The fourth-order valence-corrected chi connectivity index (χ4v) is 3.39. The van der Waals surface area contributed by atoms with Crippen molar-refractivity contribution in [2.75, 3.05) is 7.11 Å². The lowest BCUT2D eigenvalue weighted by atomic mass is 9.98. The first-order valence-corrected chi connectivity index (χ1v) is 6.75. The Balaban J connectivity index is 1.78. The molecule has 19 heavy (non-hydrogen) atoms. The molecule has 3 rings (SSSR count). The van der Waals surface area contributed by atoms with Crippen LogP contribution in [0.1, 0.15) is 36.0 Å². The molecule has 0 spiro atoms. The van der Waals surface area contributed by atoms with Crippen molar-refractivity contribution >= 4 is 5.97 Å². The molecule has 1 aromatic rings. The van der Waals surface area contributed by atoms with Crippen molar-refractivity contribution < 1.29 is 19.4 Å². The van der Waals surface area contributed by atoms with Crippen LogP contribution in [0.15, 0.2) is 18.2 Å². The van der Waals surface area contributed by atoms with Gasteiger partial charge in [-0.05, 0) is 55.7 Å². The highest BCUT2D eigenvalue weighted by atomic mass is 16.5. The normalized spacial score (nSPS) is 28.4. The number of benzene rings is 1. The van der Waals surface area contributed by atoms with Gasteiger partial charge >= 0.3 is 5.97 Å². The predicted octanol–water partition coefficient (Wildman–Crippen LogP) is 2.96. The largest absolute Gasteiger partial charge is 0.493 e. The van der Waals surface area contributed by atoms with E-state index in [1.165, 1.54) is 32.4 Å². The number of rotatable bonds is 4. The van der Waals surface area contributed by atoms with Gasteiger partial charge in [0.25, 0.3) is 0 Å². The van der Waals surface area contributed by atoms with E-state index in [1.54, 1.807) is 12.1 Å². The summed E-state index contributed by atoms with van der Waals surface area (Å²) in [5, 5.41) is 8.97. The van der Waals surface area contributed by atoms with E-state index in [4.69, 9.17) is 14.6 Å². The topological polar surface area (TPSA) is 55.8 Å². The first-order chi connectivity index (χ1) is 9.17. The van der Waals surface area contributed by atoms with Crippen molar-refractivity contribution in [2.24, 2.45) is 11.8 Å². The number of carbonyl (C=O) groups is 1. The van der Waals surface area contributed by atoms with E-state index >= 15 is 0 Å². The number of fused-ring (bicyclic) bond motifs is 2. The average molecular weight is 262 g/mol. The van der Waals surface area contributed by atoms with Crippen LogP contribution in [0.5, 0.6) is 11.5 Å². The number of hydrogen-bond donors (Lipinski definition) is 1. The second kappa shape index (κ2) is 4.76. The molecular formula is C15H18O4. The predicted molar refractivity (Wildman–Crippen MR) is 69.8 cm³/mol. The highest BCUT2D eigenvalue weighted by Gasteiger charge is 2.41. The third kappa shape index (κ3) is 2.27.